The lowest BCUT2D eigenvalue weighted by atomic mass is 10.1. The van der Waals surface area contributed by atoms with Gasteiger partial charge in [-0.05, 0) is 6.92 Å². The summed E-state index contributed by atoms with van der Waals surface area (Å²) >= 11 is 0. The molecule has 1 fully saturated rings. The molecule has 0 bridgehead atoms. The standard InChI is InChI=1S/C17H24N2O5S/c1-14-2-4-15(5-3-14)16(20)6-7-17(21)18-8-13-25(22,23)19-9-11-24-12-10-19/h2-5H,6-13H2,1H3,(H,18,21). The van der Waals surface area contributed by atoms with Gasteiger partial charge in [-0.25, -0.2) is 8.42 Å². The number of Topliss-reactive ketones (excluding diaryl/α,β-unsaturated/α-hetero) is 1. The topological polar surface area (TPSA) is 92.8 Å². The molecule has 1 aromatic rings. The summed E-state index contributed by atoms with van der Waals surface area (Å²) in [6.45, 7) is 3.46. The monoisotopic (exact) mass is 368 g/mol. The Balaban J connectivity index is 1.70. The molecule has 1 N–H and O–H groups in total. The molecule has 1 aromatic carbocycles. The van der Waals surface area contributed by atoms with E-state index in [1.54, 1.807) is 12.1 Å². The first-order valence-electron chi connectivity index (χ1n) is 8.30. The van der Waals surface area contributed by atoms with Gasteiger partial charge in [0.1, 0.15) is 0 Å². The normalized spacial score (nSPS) is 15.7. The quantitative estimate of drug-likeness (QED) is 0.683. The molecule has 1 heterocycles. The van der Waals surface area contributed by atoms with Crippen LogP contribution in [0.15, 0.2) is 24.3 Å². The molecule has 0 saturated carbocycles. The first-order chi connectivity index (χ1) is 11.9. The zero-order valence-corrected chi connectivity index (χ0v) is 15.2. The number of amides is 1. The molecule has 0 unspecified atom stereocenters. The zero-order valence-electron chi connectivity index (χ0n) is 14.4. The van der Waals surface area contributed by atoms with Crippen molar-refractivity contribution in [2.24, 2.45) is 0 Å². The fourth-order valence-electron chi connectivity index (χ4n) is 2.47. The van der Waals surface area contributed by atoms with E-state index in [4.69, 9.17) is 4.74 Å². The van der Waals surface area contributed by atoms with Crippen LogP contribution in [0, 0.1) is 6.92 Å². The van der Waals surface area contributed by atoms with Crippen molar-refractivity contribution < 1.29 is 22.7 Å². The number of hydrogen-bond donors (Lipinski definition) is 1. The molecule has 0 aliphatic carbocycles. The van der Waals surface area contributed by atoms with Crippen LogP contribution in [-0.4, -0.2) is 63.0 Å². The molecule has 0 aromatic heterocycles. The van der Waals surface area contributed by atoms with Crippen LogP contribution in [-0.2, 0) is 19.6 Å². The Kier molecular flexibility index (Phi) is 7.10. The second-order valence-electron chi connectivity index (χ2n) is 5.97. The molecule has 2 rings (SSSR count). The summed E-state index contributed by atoms with van der Waals surface area (Å²) in [4.78, 5) is 23.8. The Morgan fingerprint density at radius 3 is 2.40 bits per heavy atom. The maximum atomic E-state index is 12.1. The van der Waals surface area contributed by atoms with Gasteiger partial charge < -0.3 is 10.1 Å². The molecule has 0 atom stereocenters. The van der Waals surface area contributed by atoms with Crippen LogP contribution in [0.25, 0.3) is 0 Å². The van der Waals surface area contributed by atoms with Crippen LogP contribution in [0.1, 0.15) is 28.8 Å². The van der Waals surface area contributed by atoms with Gasteiger partial charge in [-0.3, -0.25) is 9.59 Å². The number of rotatable bonds is 8. The number of ether oxygens (including phenoxy) is 1. The van der Waals surface area contributed by atoms with Crippen molar-refractivity contribution in [3.63, 3.8) is 0 Å². The van der Waals surface area contributed by atoms with Crippen molar-refractivity contribution >= 4 is 21.7 Å². The molecule has 1 amide bonds. The Hall–Kier alpha value is -1.77. The third-order valence-electron chi connectivity index (χ3n) is 4.00. The lowest BCUT2D eigenvalue weighted by Gasteiger charge is -2.26. The SMILES string of the molecule is Cc1ccc(C(=O)CCC(=O)NCCS(=O)(=O)N2CCOCC2)cc1. The minimum absolute atomic E-state index is 0.0389. The van der Waals surface area contributed by atoms with E-state index in [0.717, 1.165) is 5.56 Å². The van der Waals surface area contributed by atoms with E-state index in [1.165, 1.54) is 4.31 Å². The average molecular weight is 368 g/mol. The van der Waals surface area contributed by atoms with Gasteiger partial charge in [0.2, 0.25) is 15.9 Å². The lowest BCUT2D eigenvalue weighted by molar-refractivity contribution is -0.120. The van der Waals surface area contributed by atoms with Crippen molar-refractivity contribution in [1.29, 1.82) is 0 Å². The molecule has 1 saturated heterocycles. The Morgan fingerprint density at radius 1 is 1.12 bits per heavy atom. The van der Waals surface area contributed by atoms with Crippen molar-refractivity contribution in [2.75, 3.05) is 38.6 Å². The van der Waals surface area contributed by atoms with Gasteiger partial charge >= 0.3 is 0 Å². The van der Waals surface area contributed by atoms with E-state index in [9.17, 15) is 18.0 Å². The number of sulfonamides is 1. The van der Waals surface area contributed by atoms with Crippen molar-refractivity contribution in [2.45, 2.75) is 19.8 Å². The summed E-state index contributed by atoms with van der Waals surface area (Å²) < 4.78 is 30.7. The first-order valence-corrected chi connectivity index (χ1v) is 9.91. The summed E-state index contributed by atoms with van der Waals surface area (Å²) in [6.07, 6.45) is 0.148. The van der Waals surface area contributed by atoms with Crippen LogP contribution in [0.2, 0.25) is 0 Å². The number of ketones is 1. The summed E-state index contributed by atoms with van der Waals surface area (Å²) in [7, 11) is -3.39. The molecule has 1 aliphatic rings. The number of hydrogen-bond acceptors (Lipinski definition) is 5. The molecule has 8 heteroatoms. The van der Waals surface area contributed by atoms with Gasteiger partial charge in [-0.2, -0.15) is 4.31 Å². The predicted octanol–water partition coefficient (Wildman–Crippen LogP) is 0.736. The van der Waals surface area contributed by atoms with E-state index in [0.29, 0.717) is 31.9 Å². The van der Waals surface area contributed by atoms with Gasteiger partial charge in [0.25, 0.3) is 0 Å². The highest BCUT2D eigenvalue weighted by Gasteiger charge is 2.23. The Labute approximate surface area is 148 Å². The smallest absolute Gasteiger partial charge is 0.220 e. The van der Waals surface area contributed by atoms with Crippen LogP contribution in [0.4, 0.5) is 0 Å². The molecule has 138 valence electrons. The van der Waals surface area contributed by atoms with E-state index >= 15 is 0 Å². The number of nitrogens with one attached hydrogen (secondary N) is 1. The first kappa shape index (κ1) is 19.6. The average Bonchev–Trinajstić information content (AvgIpc) is 2.61. The van der Waals surface area contributed by atoms with E-state index < -0.39 is 10.0 Å². The van der Waals surface area contributed by atoms with Crippen LogP contribution in [0.3, 0.4) is 0 Å². The van der Waals surface area contributed by atoms with E-state index in [1.807, 2.05) is 19.1 Å². The number of morpholine rings is 1. The number of nitrogens with zero attached hydrogens (tertiary/aromatic N) is 1. The molecule has 0 radical (unpaired) electrons. The van der Waals surface area contributed by atoms with Gasteiger partial charge in [-0.1, -0.05) is 29.8 Å². The van der Waals surface area contributed by atoms with E-state index in [-0.39, 0.29) is 36.8 Å². The largest absolute Gasteiger partial charge is 0.379 e. The van der Waals surface area contributed by atoms with Gasteiger partial charge in [0, 0.05) is 38.0 Å². The number of carbonyl (C=O) groups excluding carboxylic acids is 2. The fourth-order valence-corrected chi connectivity index (χ4v) is 3.80. The summed E-state index contributed by atoms with van der Waals surface area (Å²) in [5.74, 6) is -0.571. The van der Waals surface area contributed by atoms with Gasteiger partial charge in [0.05, 0.1) is 19.0 Å². The molecular formula is C17H24N2O5S. The maximum Gasteiger partial charge on any atom is 0.220 e. The molecule has 25 heavy (non-hydrogen) atoms. The second-order valence-corrected chi connectivity index (χ2v) is 8.06. The highest BCUT2D eigenvalue weighted by Crippen LogP contribution is 2.08. The minimum atomic E-state index is -3.39. The van der Waals surface area contributed by atoms with Crippen molar-refractivity contribution in [1.82, 2.24) is 9.62 Å². The number of aryl methyl sites for hydroxylation is 1. The van der Waals surface area contributed by atoms with Crippen LogP contribution in [0.5, 0.6) is 0 Å². The third kappa shape index (κ3) is 6.22. The number of benzene rings is 1. The number of carbonyl (C=O) groups is 2. The van der Waals surface area contributed by atoms with Crippen molar-refractivity contribution in [3.05, 3.63) is 35.4 Å². The maximum absolute atomic E-state index is 12.1. The molecule has 7 nitrogen and oxygen atoms in total. The third-order valence-corrected chi connectivity index (χ3v) is 5.87. The minimum Gasteiger partial charge on any atom is -0.379 e. The van der Waals surface area contributed by atoms with Crippen LogP contribution < -0.4 is 5.32 Å². The highest BCUT2D eigenvalue weighted by molar-refractivity contribution is 7.89. The highest BCUT2D eigenvalue weighted by atomic mass is 32.2. The van der Waals surface area contributed by atoms with Gasteiger partial charge in [-0.15, -0.1) is 0 Å². The van der Waals surface area contributed by atoms with Gasteiger partial charge in [0.15, 0.2) is 5.78 Å². The Morgan fingerprint density at radius 2 is 1.76 bits per heavy atom. The molecule has 1 aliphatic heterocycles. The van der Waals surface area contributed by atoms with E-state index in [2.05, 4.69) is 5.32 Å². The lowest BCUT2D eigenvalue weighted by Crippen LogP contribution is -2.43. The fraction of sp³-hybridized carbons (Fsp3) is 0.529. The predicted molar refractivity (Wildman–Crippen MR) is 93.9 cm³/mol. The zero-order chi connectivity index (χ0) is 18.3. The van der Waals surface area contributed by atoms with Crippen molar-refractivity contribution in [3.8, 4) is 0 Å². The Bertz CT molecular complexity index is 694. The summed E-state index contributed by atoms with van der Waals surface area (Å²) in [5, 5.41) is 2.57. The van der Waals surface area contributed by atoms with Crippen LogP contribution >= 0.6 is 0 Å². The second kappa shape index (κ2) is 9.07. The molecule has 0 spiro atoms. The summed E-state index contributed by atoms with van der Waals surface area (Å²) in [5.41, 5.74) is 1.64. The molecular weight excluding hydrogens is 344 g/mol. The summed E-state index contributed by atoms with van der Waals surface area (Å²) in [6, 6.07) is 7.18.